The Kier molecular flexibility index (Phi) is 7.14. The van der Waals surface area contributed by atoms with Crippen LogP contribution in [-0.4, -0.2) is 62.4 Å². The highest BCUT2D eigenvalue weighted by Gasteiger charge is 2.21. The quantitative estimate of drug-likeness (QED) is 0.546. The lowest BCUT2D eigenvalue weighted by Gasteiger charge is -2.29. The topological polar surface area (TPSA) is 85.8 Å². The molecule has 166 valence electrons. The van der Waals surface area contributed by atoms with Crippen LogP contribution in [0.25, 0.3) is 11.1 Å². The van der Waals surface area contributed by atoms with Crippen LogP contribution in [-0.2, 0) is 4.74 Å². The number of anilines is 1. The fourth-order valence-corrected chi connectivity index (χ4v) is 3.44. The molecule has 0 aliphatic carbocycles. The van der Waals surface area contributed by atoms with Gasteiger partial charge in [-0.15, -0.1) is 0 Å². The summed E-state index contributed by atoms with van der Waals surface area (Å²) < 4.78 is 16.3. The van der Waals surface area contributed by atoms with Crippen molar-refractivity contribution in [3.63, 3.8) is 0 Å². The van der Waals surface area contributed by atoms with E-state index in [1.807, 2.05) is 42.5 Å². The molecule has 4 rings (SSSR count). The molecule has 8 heteroatoms. The molecule has 1 aliphatic heterocycles. The molecular weight excluding hydrogens is 408 g/mol. The first-order valence-electron chi connectivity index (χ1n) is 10.5. The van der Waals surface area contributed by atoms with Crippen molar-refractivity contribution in [2.24, 2.45) is 0 Å². The Morgan fingerprint density at radius 2 is 1.88 bits per heavy atom. The number of aromatic nitrogens is 2. The van der Waals surface area contributed by atoms with Gasteiger partial charge in [0.1, 0.15) is 23.9 Å². The van der Waals surface area contributed by atoms with Gasteiger partial charge in [-0.3, -0.25) is 9.78 Å². The zero-order valence-corrected chi connectivity index (χ0v) is 18.0. The number of nitrogens with zero attached hydrogens (tertiary/aromatic N) is 3. The van der Waals surface area contributed by atoms with Crippen LogP contribution in [0.3, 0.4) is 0 Å². The molecule has 3 aromatic rings. The monoisotopic (exact) mass is 434 g/mol. The van der Waals surface area contributed by atoms with Gasteiger partial charge in [0.25, 0.3) is 5.91 Å². The van der Waals surface area contributed by atoms with Crippen LogP contribution < -0.4 is 19.7 Å². The van der Waals surface area contributed by atoms with Crippen LogP contribution in [0.2, 0.25) is 0 Å². The van der Waals surface area contributed by atoms with E-state index in [9.17, 15) is 4.79 Å². The van der Waals surface area contributed by atoms with Gasteiger partial charge in [0.15, 0.2) is 0 Å². The van der Waals surface area contributed by atoms with Crippen molar-refractivity contribution in [2.75, 3.05) is 51.5 Å². The van der Waals surface area contributed by atoms with Gasteiger partial charge in [-0.1, -0.05) is 6.07 Å². The second kappa shape index (κ2) is 10.6. The van der Waals surface area contributed by atoms with E-state index < -0.39 is 0 Å². The summed E-state index contributed by atoms with van der Waals surface area (Å²) in [4.78, 5) is 24.0. The first-order valence-corrected chi connectivity index (χ1v) is 10.5. The Hall–Kier alpha value is -3.65. The number of amides is 1. The molecule has 0 spiro atoms. The molecule has 1 fully saturated rings. The second-order valence-electron chi connectivity index (χ2n) is 7.22. The molecule has 0 unspecified atom stereocenters. The Labute approximate surface area is 187 Å². The van der Waals surface area contributed by atoms with Gasteiger partial charge in [0, 0.05) is 42.8 Å². The van der Waals surface area contributed by atoms with Crippen LogP contribution in [0.4, 0.5) is 5.82 Å². The smallest absolute Gasteiger partial charge is 0.255 e. The van der Waals surface area contributed by atoms with E-state index in [2.05, 4.69) is 20.2 Å². The minimum Gasteiger partial charge on any atom is -0.497 e. The third kappa shape index (κ3) is 5.33. The summed E-state index contributed by atoms with van der Waals surface area (Å²) in [5, 5.41) is 2.95. The minimum absolute atomic E-state index is 0.192. The predicted octanol–water partition coefficient (Wildman–Crippen LogP) is 2.80. The molecule has 0 radical (unpaired) electrons. The molecule has 1 N–H and O–H groups in total. The van der Waals surface area contributed by atoms with Crippen LogP contribution in [0.1, 0.15) is 10.4 Å². The van der Waals surface area contributed by atoms with Crippen molar-refractivity contribution < 1.29 is 19.0 Å². The van der Waals surface area contributed by atoms with Crippen molar-refractivity contribution in [3.05, 3.63) is 66.6 Å². The maximum atomic E-state index is 13.1. The number of carbonyl (C=O) groups is 1. The maximum absolute atomic E-state index is 13.1. The van der Waals surface area contributed by atoms with Gasteiger partial charge >= 0.3 is 0 Å². The summed E-state index contributed by atoms with van der Waals surface area (Å²) >= 11 is 0. The zero-order valence-electron chi connectivity index (χ0n) is 18.0. The van der Waals surface area contributed by atoms with Gasteiger partial charge in [0.05, 0.1) is 32.4 Å². The Morgan fingerprint density at radius 1 is 1.09 bits per heavy atom. The van der Waals surface area contributed by atoms with Crippen LogP contribution >= 0.6 is 0 Å². The number of hydrogen-bond donors (Lipinski definition) is 1. The summed E-state index contributed by atoms with van der Waals surface area (Å²) in [6.45, 7) is 3.33. The first-order chi connectivity index (χ1) is 15.7. The number of pyridine rings is 2. The number of carbonyl (C=O) groups excluding carboxylic acids is 1. The summed E-state index contributed by atoms with van der Waals surface area (Å²) in [7, 11) is 1.62. The third-order valence-electron chi connectivity index (χ3n) is 5.13. The van der Waals surface area contributed by atoms with E-state index in [1.54, 1.807) is 25.7 Å². The van der Waals surface area contributed by atoms with E-state index >= 15 is 0 Å². The Morgan fingerprint density at radius 3 is 2.59 bits per heavy atom. The van der Waals surface area contributed by atoms with Gasteiger partial charge in [-0.2, -0.15) is 0 Å². The number of methoxy groups -OCH3 is 1. The fourth-order valence-electron chi connectivity index (χ4n) is 3.44. The number of benzene rings is 1. The Balaban J connectivity index is 1.45. The van der Waals surface area contributed by atoms with Crippen molar-refractivity contribution in [2.45, 2.75) is 0 Å². The van der Waals surface area contributed by atoms with E-state index in [4.69, 9.17) is 14.2 Å². The van der Waals surface area contributed by atoms with Crippen LogP contribution in [0, 0.1) is 0 Å². The number of hydrogen-bond acceptors (Lipinski definition) is 7. The Bertz CT molecular complexity index is 1020. The minimum atomic E-state index is -0.192. The average Bonchev–Trinajstić information content (AvgIpc) is 2.87. The molecule has 0 atom stereocenters. The number of ether oxygens (including phenoxy) is 3. The van der Waals surface area contributed by atoms with Crippen molar-refractivity contribution in [1.82, 2.24) is 15.3 Å². The normalized spacial score (nSPS) is 13.5. The number of morpholine rings is 1. The maximum Gasteiger partial charge on any atom is 0.255 e. The third-order valence-corrected chi connectivity index (χ3v) is 5.13. The number of nitrogens with one attached hydrogen (secondary N) is 1. The van der Waals surface area contributed by atoms with Gasteiger partial charge < -0.3 is 24.4 Å². The van der Waals surface area contributed by atoms with Gasteiger partial charge in [0.2, 0.25) is 0 Å². The lowest BCUT2D eigenvalue weighted by Crippen LogP contribution is -2.39. The summed E-state index contributed by atoms with van der Waals surface area (Å²) in [6.07, 6.45) is 5.26. The molecule has 8 nitrogen and oxygen atoms in total. The highest BCUT2D eigenvalue weighted by atomic mass is 16.5. The fraction of sp³-hybridized carbons (Fsp3) is 0.292. The standard InChI is InChI=1S/C24H26N4O4/c1-30-20-4-6-21(7-5-20)32-12-9-26-24(29)22-15-19(18-3-2-8-25-16-18)17-27-23(22)28-10-13-31-14-11-28/h2-8,15-17H,9-14H2,1H3,(H,26,29). The largest absolute Gasteiger partial charge is 0.497 e. The lowest BCUT2D eigenvalue weighted by molar-refractivity contribution is 0.0945. The SMILES string of the molecule is COc1ccc(OCCNC(=O)c2cc(-c3cccnc3)cnc2N2CCOCC2)cc1. The van der Waals surface area contributed by atoms with Crippen LogP contribution in [0.15, 0.2) is 61.1 Å². The predicted molar refractivity (Wildman–Crippen MR) is 121 cm³/mol. The van der Waals surface area contributed by atoms with E-state index in [1.165, 1.54) is 0 Å². The molecule has 1 amide bonds. The first kappa shape index (κ1) is 21.6. The summed E-state index contributed by atoms with van der Waals surface area (Å²) in [5.74, 6) is 1.95. The number of rotatable bonds is 8. The molecule has 1 aliphatic rings. The summed E-state index contributed by atoms with van der Waals surface area (Å²) in [6, 6.07) is 13.0. The van der Waals surface area contributed by atoms with Crippen molar-refractivity contribution in [3.8, 4) is 22.6 Å². The second-order valence-corrected chi connectivity index (χ2v) is 7.22. The molecule has 0 saturated carbocycles. The molecule has 1 aromatic carbocycles. The van der Waals surface area contributed by atoms with Crippen molar-refractivity contribution in [1.29, 1.82) is 0 Å². The van der Waals surface area contributed by atoms with E-state index in [-0.39, 0.29) is 5.91 Å². The highest BCUT2D eigenvalue weighted by Crippen LogP contribution is 2.25. The molecule has 3 heterocycles. The highest BCUT2D eigenvalue weighted by molar-refractivity contribution is 6.00. The molecule has 32 heavy (non-hydrogen) atoms. The molecule has 1 saturated heterocycles. The molecule has 2 aromatic heterocycles. The van der Waals surface area contributed by atoms with Crippen molar-refractivity contribution >= 4 is 11.7 Å². The lowest BCUT2D eigenvalue weighted by atomic mass is 10.1. The average molecular weight is 434 g/mol. The van der Waals surface area contributed by atoms with Gasteiger partial charge in [-0.25, -0.2) is 4.98 Å². The summed E-state index contributed by atoms with van der Waals surface area (Å²) in [5.41, 5.74) is 2.28. The molecular formula is C24H26N4O4. The van der Waals surface area contributed by atoms with Gasteiger partial charge in [-0.05, 0) is 36.4 Å². The van der Waals surface area contributed by atoms with E-state index in [0.717, 1.165) is 16.9 Å². The zero-order chi connectivity index (χ0) is 22.2. The molecule has 0 bridgehead atoms. The van der Waals surface area contributed by atoms with Crippen LogP contribution in [0.5, 0.6) is 11.5 Å². The van der Waals surface area contributed by atoms with E-state index in [0.29, 0.717) is 56.6 Å².